The molecule has 126 valence electrons. The molecule has 0 atom stereocenters. The molecule has 0 aliphatic heterocycles. The van der Waals surface area contributed by atoms with E-state index in [1.165, 1.54) is 7.11 Å². The van der Waals surface area contributed by atoms with Crippen LogP contribution in [0.5, 0.6) is 5.75 Å². The lowest BCUT2D eigenvalue weighted by molar-refractivity contribution is 0.101. The van der Waals surface area contributed by atoms with Crippen molar-refractivity contribution in [3.63, 3.8) is 0 Å². The van der Waals surface area contributed by atoms with Gasteiger partial charge in [0.2, 0.25) is 0 Å². The molecule has 1 aromatic heterocycles. The Bertz CT molecular complexity index is 882. The zero-order valence-electron chi connectivity index (χ0n) is 13.2. The van der Waals surface area contributed by atoms with Gasteiger partial charge in [0.15, 0.2) is 5.69 Å². The maximum Gasteiger partial charge on any atom is 0.277 e. The summed E-state index contributed by atoms with van der Waals surface area (Å²) in [6.45, 7) is 0. The van der Waals surface area contributed by atoms with Crippen molar-refractivity contribution in [3.8, 4) is 5.75 Å². The fourth-order valence-electron chi connectivity index (χ4n) is 2.13. The lowest BCUT2D eigenvalue weighted by Crippen LogP contribution is -2.15. The van der Waals surface area contributed by atoms with Gasteiger partial charge in [-0.2, -0.15) is 0 Å². The first kappa shape index (κ1) is 16.6. The highest BCUT2D eigenvalue weighted by molar-refractivity contribution is 7.03. The Morgan fingerprint density at radius 1 is 1.04 bits per heavy atom. The molecule has 0 aliphatic carbocycles. The Balaban J connectivity index is 1.80. The molecule has 2 amide bonds. The largest absolute Gasteiger partial charge is 0.495 e. The molecule has 0 radical (unpaired) electrons. The fourth-order valence-corrected chi connectivity index (χ4v) is 2.56. The first-order valence-corrected chi connectivity index (χ1v) is 8.14. The van der Waals surface area contributed by atoms with E-state index in [1.54, 1.807) is 47.8 Å². The van der Waals surface area contributed by atoms with Crippen molar-refractivity contribution in [1.82, 2.24) is 9.59 Å². The SMILES string of the molecule is COc1ccc(NC(=O)c2csnn2)cc1NC(=O)c1ccccc1. The number of amides is 2. The van der Waals surface area contributed by atoms with Crippen LogP contribution in [0.2, 0.25) is 0 Å². The fraction of sp³-hybridized carbons (Fsp3) is 0.0588. The third kappa shape index (κ3) is 3.99. The zero-order valence-corrected chi connectivity index (χ0v) is 14.0. The number of carbonyl (C=O) groups excluding carboxylic acids is 2. The van der Waals surface area contributed by atoms with Gasteiger partial charge in [0, 0.05) is 16.6 Å². The first-order chi connectivity index (χ1) is 12.2. The number of rotatable bonds is 5. The van der Waals surface area contributed by atoms with Crippen molar-refractivity contribution in [2.75, 3.05) is 17.7 Å². The van der Waals surface area contributed by atoms with E-state index < -0.39 is 0 Å². The highest BCUT2D eigenvalue weighted by Crippen LogP contribution is 2.28. The second-order valence-electron chi connectivity index (χ2n) is 4.98. The second-order valence-corrected chi connectivity index (χ2v) is 5.59. The molecule has 2 aromatic carbocycles. The number of nitrogens with one attached hydrogen (secondary N) is 2. The van der Waals surface area contributed by atoms with E-state index in [0.29, 0.717) is 22.7 Å². The van der Waals surface area contributed by atoms with Crippen molar-refractivity contribution in [2.24, 2.45) is 0 Å². The molecule has 7 nitrogen and oxygen atoms in total. The van der Waals surface area contributed by atoms with Gasteiger partial charge in [-0.3, -0.25) is 9.59 Å². The topological polar surface area (TPSA) is 93.2 Å². The monoisotopic (exact) mass is 354 g/mol. The van der Waals surface area contributed by atoms with Crippen LogP contribution in [0.4, 0.5) is 11.4 Å². The average molecular weight is 354 g/mol. The number of hydrogen-bond acceptors (Lipinski definition) is 6. The van der Waals surface area contributed by atoms with Crippen LogP contribution in [0.1, 0.15) is 20.8 Å². The zero-order chi connectivity index (χ0) is 17.6. The standard InChI is InChI=1S/C17H14N4O3S/c1-24-15-8-7-12(18-17(23)14-10-25-21-20-14)9-13(15)19-16(22)11-5-3-2-4-6-11/h2-10H,1H3,(H,18,23)(H,19,22). The molecule has 1 heterocycles. The van der Waals surface area contributed by atoms with Gasteiger partial charge in [0.1, 0.15) is 5.75 Å². The van der Waals surface area contributed by atoms with Crippen LogP contribution in [0.3, 0.4) is 0 Å². The lowest BCUT2D eigenvalue weighted by Gasteiger charge is -2.12. The Labute approximate surface area is 147 Å². The number of aromatic nitrogens is 2. The Hall–Kier alpha value is -3.26. The molecule has 0 aliphatic rings. The minimum absolute atomic E-state index is 0.232. The Morgan fingerprint density at radius 2 is 1.84 bits per heavy atom. The van der Waals surface area contributed by atoms with E-state index in [9.17, 15) is 9.59 Å². The molecule has 0 saturated carbocycles. The highest BCUT2D eigenvalue weighted by atomic mass is 32.1. The van der Waals surface area contributed by atoms with Crippen LogP contribution in [-0.2, 0) is 0 Å². The third-order valence-corrected chi connectivity index (χ3v) is 3.84. The molecule has 2 N–H and O–H groups in total. The molecule has 0 fully saturated rings. The average Bonchev–Trinajstić information content (AvgIpc) is 3.17. The predicted molar refractivity (Wildman–Crippen MR) is 95.3 cm³/mol. The van der Waals surface area contributed by atoms with Gasteiger partial charge in [0.25, 0.3) is 11.8 Å². The van der Waals surface area contributed by atoms with Crippen LogP contribution in [0.25, 0.3) is 0 Å². The molecular weight excluding hydrogens is 340 g/mol. The number of carbonyl (C=O) groups is 2. The minimum atomic E-state index is -0.376. The molecule has 0 spiro atoms. The van der Waals surface area contributed by atoms with E-state index in [0.717, 1.165) is 11.5 Å². The summed E-state index contributed by atoms with van der Waals surface area (Å²) < 4.78 is 8.92. The molecule has 3 aromatic rings. The summed E-state index contributed by atoms with van der Waals surface area (Å²) in [6.07, 6.45) is 0. The maximum absolute atomic E-state index is 12.3. The smallest absolute Gasteiger partial charge is 0.277 e. The van der Waals surface area contributed by atoms with Crippen molar-refractivity contribution in [1.29, 1.82) is 0 Å². The Kier molecular flexibility index (Phi) is 5.00. The molecule has 0 saturated heterocycles. The second kappa shape index (κ2) is 7.54. The van der Waals surface area contributed by atoms with Crippen LogP contribution >= 0.6 is 11.5 Å². The molecule has 25 heavy (non-hydrogen) atoms. The summed E-state index contributed by atoms with van der Waals surface area (Å²) in [6, 6.07) is 13.8. The van der Waals surface area contributed by atoms with Gasteiger partial charge in [-0.15, -0.1) is 5.10 Å². The quantitative estimate of drug-likeness (QED) is 0.734. The van der Waals surface area contributed by atoms with E-state index in [1.807, 2.05) is 6.07 Å². The van der Waals surface area contributed by atoms with Crippen molar-refractivity contribution in [3.05, 3.63) is 65.2 Å². The van der Waals surface area contributed by atoms with Gasteiger partial charge in [-0.1, -0.05) is 22.7 Å². The molecular formula is C17H14N4O3S. The molecule has 3 rings (SSSR count). The summed E-state index contributed by atoms with van der Waals surface area (Å²) in [4.78, 5) is 24.4. The van der Waals surface area contributed by atoms with E-state index in [2.05, 4.69) is 20.2 Å². The van der Waals surface area contributed by atoms with Crippen LogP contribution in [-0.4, -0.2) is 28.5 Å². The predicted octanol–water partition coefficient (Wildman–Crippen LogP) is 3.05. The van der Waals surface area contributed by atoms with Crippen LogP contribution in [0.15, 0.2) is 53.9 Å². The molecule has 0 unspecified atom stereocenters. The third-order valence-electron chi connectivity index (χ3n) is 3.33. The number of hydrogen-bond donors (Lipinski definition) is 2. The molecule has 8 heteroatoms. The number of ether oxygens (including phenoxy) is 1. The Morgan fingerprint density at radius 3 is 2.52 bits per heavy atom. The van der Waals surface area contributed by atoms with E-state index in [4.69, 9.17) is 4.74 Å². The van der Waals surface area contributed by atoms with Gasteiger partial charge in [0.05, 0.1) is 12.8 Å². The summed E-state index contributed by atoms with van der Waals surface area (Å²) >= 11 is 1.09. The van der Waals surface area contributed by atoms with Crippen molar-refractivity contribution in [2.45, 2.75) is 0 Å². The summed E-state index contributed by atoms with van der Waals surface area (Å²) in [5, 5.41) is 10.8. The number of nitrogens with zero attached hydrogens (tertiary/aromatic N) is 2. The van der Waals surface area contributed by atoms with Gasteiger partial charge < -0.3 is 15.4 Å². The number of benzene rings is 2. The van der Waals surface area contributed by atoms with Crippen LogP contribution in [0, 0.1) is 0 Å². The van der Waals surface area contributed by atoms with Crippen LogP contribution < -0.4 is 15.4 Å². The maximum atomic E-state index is 12.3. The summed E-state index contributed by atoms with van der Waals surface area (Å²) in [5.41, 5.74) is 1.70. The van der Waals surface area contributed by atoms with Gasteiger partial charge in [-0.05, 0) is 41.9 Å². The summed E-state index contributed by atoms with van der Waals surface area (Å²) in [5.74, 6) is -0.164. The minimum Gasteiger partial charge on any atom is -0.495 e. The first-order valence-electron chi connectivity index (χ1n) is 7.30. The molecule has 0 bridgehead atoms. The van der Waals surface area contributed by atoms with E-state index >= 15 is 0 Å². The number of methoxy groups -OCH3 is 1. The highest BCUT2D eigenvalue weighted by Gasteiger charge is 2.13. The van der Waals surface area contributed by atoms with Gasteiger partial charge >= 0.3 is 0 Å². The van der Waals surface area contributed by atoms with Crippen molar-refractivity contribution >= 4 is 34.7 Å². The normalized spacial score (nSPS) is 10.1. The number of anilines is 2. The summed E-state index contributed by atoms with van der Waals surface area (Å²) in [7, 11) is 1.51. The van der Waals surface area contributed by atoms with E-state index in [-0.39, 0.29) is 17.5 Å². The van der Waals surface area contributed by atoms with Gasteiger partial charge in [-0.25, -0.2) is 0 Å². The lowest BCUT2D eigenvalue weighted by atomic mass is 10.2. The van der Waals surface area contributed by atoms with Crippen molar-refractivity contribution < 1.29 is 14.3 Å².